The Morgan fingerprint density at radius 3 is 2.67 bits per heavy atom. The Bertz CT molecular complexity index is 344. The van der Waals surface area contributed by atoms with E-state index in [9.17, 15) is 4.79 Å². The van der Waals surface area contributed by atoms with Gasteiger partial charge in [-0.05, 0) is 65.0 Å². The molecule has 2 aliphatic rings. The van der Waals surface area contributed by atoms with Crippen LogP contribution in [0.25, 0.3) is 0 Å². The van der Waals surface area contributed by atoms with Gasteiger partial charge in [0.15, 0.2) is 0 Å². The molecule has 0 radical (unpaired) electrons. The third kappa shape index (κ3) is 3.98. The van der Waals surface area contributed by atoms with Crippen molar-refractivity contribution in [2.24, 2.45) is 5.92 Å². The van der Waals surface area contributed by atoms with Gasteiger partial charge < -0.3 is 15.0 Å². The minimum Gasteiger partial charge on any atom is -0.465 e. The maximum Gasteiger partial charge on any atom is 0.326 e. The van der Waals surface area contributed by atoms with Gasteiger partial charge in [0, 0.05) is 12.6 Å². The minimum absolute atomic E-state index is 0.0435. The lowest BCUT2D eigenvalue weighted by atomic mass is 9.85. The molecule has 2 aliphatic carbocycles. The average Bonchev–Trinajstić information content (AvgIpc) is 2.86. The number of ether oxygens (including phenoxy) is 1. The summed E-state index contributed by atoms with van der Waals surface area (Å²) in [6, 6.07) is 0.513. The molecule has 0 saturated heterocycles. The summed E-state index contributed by atoms with van der Waals surface area (Å²) in [5.41, 5.74) is -0.440. The van der Waals surface area contributed by atoms with Crippen LogP contribution in [0.1, 0.15) is 58.8 Å². The SMILES string of the molecule is CCCNC1(C(=O)OCC)CCC(N(C)CC2CCC2)C1. The lowest BCUT2D eigenvalue weighted by molar-refractivity contribution is -0.151. The maximum atomic E-state index is 12.4. The van der Waals surface area contributed by atoms with Crippen molar-refractivity contribution in [3.05, 3.63) is 0 Å². The van der Waals surface area contributed by atoms with Crippen LogP contribution in [-0.4, -0.2) is 49.2 Å². The van der Waals surface area contributed by atoms with Crippen molar-refractivity contribution in [2.45, 2.75) is 70.4 Å². The second-order valence-corrected chi connectivity index (χ2v) is 6.86. The third-order valence-corrected chi connectivity index (χ3v) is 5.26. The standard InChI is InChI=1S/C17H32N2O2/c1-4-11-18-17(16(20)21-5-2)10-9-15(12-17)19(3)13-14-7-6-8-14/h14-15,18H,4-13H2,1-3H3. The lowest BCUT2D eigenvalue weighted by Gasteiger charge is -2.34. The number of carbonyl (C=O) groups excluding carboxylic acids is 1. The van der Waals surface area contributed by atoms with Crippen molar-refractivity contribution in [3.63, 3.8) is 0 Å². The summed E-state index contributed by atoms with van der Waals surface area (Å²) in [6.45, 7) is 6.58. The van der Waals surface area contributed by atoms with Crippen molar-refractivity contribution in [1.29, 1.82) is 0 Å². The summed E-state index contributed by atoms with van der Waals surface area (Å²) in [4.78, 5) is 14.9. The van der Waals surface area contributed by atoms with E-state index in [4.69, 9.17) is 4.74 Å². The van der Waals surface area contributed by atoms with E-state index in [2.05, 4.69) is 24.2 Å². The molecule has 0 amide bonds. The second kappa shape index (κ2) is 7.59. The molecule has 4 nitrogen and oxygen atoms in total. The second-order valence-electron chi connectivity index (χ2n) is 6.86. The molecule has 0 aromatic heterocycles. The van der Waals surface area contributed by atoms with Gasteiger partial charge in [-0.3, -0.25) is 4.79 Å². The quantitative estimate of drug-likeness (QED) is 0.699. The fourth-order valence-electron chi connectivity index (χ4n) is 3.68. The number of nitrogens with one attached hydrogen (secondary N) is 1. The first-order valence-corrected chi connectivity index (χ1v) is 8.73. The predicted octanol–water partition coefficient (Wildman–Crippen LogP) is 2.57. The van der Waals surface area contributed by atoms with Crippen LogP contribution in [0.5, 0.6) is 0 Å². The molecule has 0 aliphatic heterocycles. The van der Waals surface area contributed by atoms with Gasteiger partial charge in [0.05, 0.1) is 6.61 Å². The first kappa shape index (κ1) is 16.8. The monoisotopic (exact) mass is 296 g/mol. The van der Waals surface area contributed by atoms with E-state index < -0.39 is 5.54 Å². The number of hydrogen-bond donors (Lipinski definition) is 1. The number of rotatable bonds is 8. The molecule has 2 fully saturated rings. The molecule has 0 bridgehead atoms. The molecule has 2 atom stereocenters. The highest BCUT2D eigenvalue weighted by Crippen LogP contribution is 2.35. The van der Waals surface area contributed by atoms with Gasteiger partial charge in [-0.25, -0.2) is 0 Å². The summed E-state index contributed by atoms with van der Waals surface area (Å²) in [7, 11) is 2.23. The zero-order valence-electron chi connectivity index (χ0n) is 14.0. The van der Waals surface area contributed by atoms with Crippen LogP contribution in [0, 0.1) is 5.92 Å². The molecule has 0 aromatic carbocycles. The molecule has 21 heavy (non-hydrogen) atoms. The smallest absolute Gasteiger partial charge is 0.326 e. The Morgan fingerprint density at radius 2 is 2.10 bits per heavy atom. The molecule has 1 N–H and O–H groups in total. The summed E-state index contributed by atoms with van der Waals surface area (Å²) >= 11 is 0. The van der Waals surface area contributed by atoms with E-state index in [1.807, 2.05) is 6.92 Å². The van der Waals surface area contributed by atoms with Gasteiger partial charge in [-0.2, -0.15) is 0 Å². The minimum atomic E-state index is -0.440. The summed E-state index contributed by atoms with van der Waals surface area (Å²) in [6.07, 6.45) is 8.11. The van der Waals surface area contributed by atoms with Crippen LogP contribution >= 0.6 is 0 Å². The van der Waals surface area contributed by atoms with E-state index in [-0.39, 0.29) is 5.97 Å². The van der Waals surface area contributed by atoms with E-state index in [1.165, 1.54) is 25.8 Å². The summed E-state index contributed by atoms with van der Waals surface area (Å²) < 4.78 is 5.35. The molecule has 4 heteroatoms. The molecule has 0 heterocycles. The van der Waals surface area contributed by atoms with Crippen LogP contribution in [-0.2, 0) is 9.53 Å². The first-order valence-electron chi connectivity index (χ1n) is 8.73. The van der Waals surface area contributed by atoms with Crippen molar-refractivity contribution >= 4 is 5.97 Å². The van der Waals surface area contributed by atoms with Crippen LogP contribution in [0.4, 0.5) is 0 Å². The Labute approximate surface area is 129 Å². The van der Waals surface area contributed by atoms with E-state index in [0.717, 1.165) is 38.1 Å². The third-order valence-electron chi connectivity index (χ3n) is 5.26. The Balaban J connectivity index is 1.93. The Morgan fingerprint density at radius 1 is 1.33 bits per heavy atom. The average molecular weight is 296 g/mol. The van der Waals surface area contributed by atoms with Gasteiger partial charge in [0.1, 0.15) is 5.54 Å². The highest BCUT2D eigenvalue weighted by Gasteiger charge is 2.47. The van der Waals surface area contributed by atoms with Crippen LogP contribution in [0.3, 0.4) is 0 Å². The molecule has 0 aromatic rings. The predicted molar refractivity (Wildman–Crippen MR) is 85.3 cm³/mol. The zero-order chi connectivity index (χ0) is 15.3. The van der Waals surface area contributed by atoms with Gasteiger partial charge >= 0.3 is 5.97 Å². The van der Waals surface area contributed by atoms with Gasteiger partial charge in [0.2, 0.25) is 0 Å². The molecule has 122 valence electrons. The fourth-order valence-corrected chi connectivity index (χ4v) is 3.68. The summed E-state index contributed by atoms with van der Waals surface area (Å²) in [5, 5.41) is 3.49. The Hall–Kier alpha value is -0.610. The Kier molecular flexibility index (Phi) is 6.06. The molecule has 2 unspecified atom stereocenters. The molecule has 0 spiro atoms. The normalized spacial score (nSPS) is 29.6. The van der Waals surface area contributed by atoms with E-state index in [0.29, 0.717) is 12.6 Å². The van der Waals surface area contributed by atoms with E-state index >= 15 is 0 Å². The van der Waals surface area contributed by atoms with Crippen molar-refractivity contribution in [1.82, 2.24) is 10.2 Å². The highest BCUT2D eigenvalue weighted by atomic mass is 16.5. The highest BCUT2D eigenvalue weighted by molar-refractivity contribution is 5.81. The van der Waals surface area contributed by atoms with E-state index in [1.54, 1.807) is 0 Å². The molecule has 2 rings (SSSR count). The number of nitrogens with zero attached hydrogens (tertiary/aromatic N) is 1. The zero-order valence-corrected chi connectivity index (χ0v) is 14.0. The van der Waals surface area contributed by atoms with Gasteiger partial charge in [-0.1, -0.05) is 13.3 Å². The molecular formula is C17H32N2O2. The van der Waals surface area contributed by atoms with Crippen molar-refractivity contribution < 1.29 is 9.53 Å². The maximum absolute atomic E-state index is 12.4. The lowest BCUT2D eigenvalue weighted by Crippen LogP contribution is -2.52. The topological polar surface area (TPSA) is 41.6 Å². The van der Waals surface area contributed by atoms with Crippen molar-refractivity contribution in [3.8, 4) is 0 Å². The summed E-state index contributed by atoms with van der Waals surface area (Å²) in [5.74, 6) is 0.842. The largest absolute Gasteiger partial charge is 0.465 e. The van der Waals surface area contributed by atoms with Gasteiger partial charge in [-0.15, -0.1) is 0 Å². The van der Waals surface area contributed by atoms with Crippen LogP contribution in [0.2, 0.25) is 0 Å². The first-order chi connectivity index (χ1) is 10.1. The molecular weight excluding hydrogens is 264 g/mol. The van der Waals surface area contributed by atoms with Crippen molar-refractivity contribution in [2.75, 3.05) is 26.7 Å². The number of carbonyl (C=O) groups is 1. The van der Waals surface area contributed by atoms with Crippen LogP contribution in [0.15, 0.2) is 0 Å². The van der Waals surface area contributed by atoms with Gasteiger partial charge in [0.25, 0.3) is 0 Å². The number of hydrogen-bond acceptors (Lipinski definition) is 4. The van der Waals surface area contributed by atoms with Crippen LogP contribution < -0.4 is 5.32 Å². The fraction of sp³-hybridized carbons (Fsp3) is 0.941. The number of esters is 1. The molecule has 2 saturated carbocycles.